The number of amides is 2. The van der Waals surface area contributed by atoms with Crippen molar-refractivity contribution in [3.63, 3.8) is 0 Å². The van der Waals surface area contributed by atoms with Crippen molar-refractivity contribution in [3.05, 3.63) is 48.0 Å². The summed E-state index contributed by atoms with van der Waals surface area (Å²) in [4.78, 5) is 30.7. The Bertz CT molecular complexity index is 1130. The molecule has 2 aromatic rings. The second kappa shape index (κ2) is 13.1. The van der Waals surface area contributed by atoms with Gasteiger partial charge in [0, 0.05) is 12.4 Å². The van der Waals surface area contributed by atoms with Gasteiger partial charge in [-0.25, -0.2) is 9.59 Å². The molecule has 2 heterocycles. The molecule has 0 bridgehead atoms. The number of hydrogen-bond acceptors (Lipinski definition) is 10. The maximum atomic E-state index is 11.6. The minimum Gasteiger partial charge on any atom is -0.444 e. The number of hydrogen-bond donors (Lipinski definition) is 3. The Morgan fingerprint density at radius 3 is 1.64 bits per heavy atom. The summed E-state index contributed by atoms with van der Waals surface area (Å²) in [7, 11) is -3.52. The molecule has 2 rings (SSSR count). The fourth-order valence-electron chi connectivity index (χ4n) is 2.30. The van der Waals surface area contributed by atoms with Crippen molar-refractivity contribution in [2.24, 2.45) is 0 Å². The Balaban J connectivity index is 0.000000369. The van der Waals surface area contributed by atoms with Gasteiger partial charge in [-0.05, 0) is 64.8 Å². The number of ether oxygens (including phenoxy) is 2. The van der Waals surface area contributed by atoms with Crippen LogP contribution in [0.15, 0.2) is 36.9 Å². The molecule has 36 heavy (non-hydrogen) atoms. The monoisotopic (exact) mass is 526 g/mol. The lowest BCUT2D eigenvalue weighted by Gasteiger charge is -2.19. The molecule has 3 N–H and O–H groups in total. The number of aromatic nitrogens is 2. The minimum atomic E-state index is -3.52. The maximum Gasteiger partial charge on any atom is 0.412 e. The van der Waals surface area contributed by atoms with Gasteiger partial charge in [-0.15, -0.1) is 0 Å². The van der Waals surface area contributed by atoms with Crippen molar-refractivity contribution >= 4 is 33.7 Å². The fourth-order valence-corrected chi connectivity index (χ4v) is 2.65. The molecule has 12 nitrogen and oxygen atoms in total. The first kappa shape index (κ1) is 30.7. The zero-order chi connectivity index (χ0) is 27.6. The van der Waals surface area contributed by atoms with E-state index in [2.05, 4.69) is 24.8 Å². The zero-order valence-corrected chi connectivity index (χ0v) is 22.3. The van der Waals surface area contributed by atoms with Crippen LogP contribution in [-0.2, 0) is 37.0 Å². The average Bonchev–Trinajstić information content (AvgIpc) is 2.70. The molecule has 0 unspecified atom stereocenters. The second-order valence-corrected chi connectivity index (χ2v) is 11.2. The predicted molar refractivity (Wildman–Crippen MR) is 134 cm³/mol. The van der Waals surface area contributed by atoms with Crippen LogP contribution in [0.5, 0.6) is 0 Å². The summed E-state index contributed by atoms with van der Waals surface area (Å²) in [6.07, 6.45) is 5.70. The van der Waals surface area contributed by atoms with Gasteiger partial charge in [-0.2, -0.15) is 8.42 Å². The number of pyridine rings is 2. The van der Waals surface area contributed by atoms with Crippen molar-refractivity contribution in [3.8, 4) is 0 Å². The van der Waals surface area contributed by atoms with Gasteiger partial charge >= 0.3 is 12.2 Å². The molecule has 0 saturated carbocycles. The van der Waals surface area contributed by atoms with Crippen LogP contribution in [0.2, 0.25) is 0 Å². The highest BCUT2D eigenvalue weighted by atomic mass is 32.2. The second-order valence-electron chi connectivity index (χ2n) is 9.54. The van der Waals surface area contributed by atoms with E-state index < -0.39 is 33.5 Å². The standard InChI is InChI=1S/C12H18N2O5S.C11H16N2O3/c1-12(2,3)19-11(15)14-10-5-9(6-13-7-10)8-18-20(4,16)17;1-11(2,3)16-10(15)13-9-4-8(7-14)5-12-6-9/h5-7H,8H2,1-4H3,(H,14,15);4-6,14H,7H2,1-3H3,(H,13,15). The number of rotatable bonds is 6. The summed E-state index contributed by atoms with van der Waals surface area (Å²) in [5, 5.41) is 13.9. The van der Waals surface area contributed by atoms with Crippen LogP contribution in [0.1, 0.15) is 52.7 Å². The molecule has 200 valence electrons. The Morgan fingerprint density at radius 1 is 0.833 bits per heavy atom. The lowest BCUT2D eigenvalue weighted by molar-refractivity contribution is 0.0624. The van der Waals surface area contributed by atoms with E-state index in [1.165, 1.54) is 24.8 Å². The zero-order valence-electron chi connectivity index (χ0n) is 21.5. The molecule has 0 radical (unpaired) electrons. The molecule has 0 spiro atoms. The Hall–Kier alpha value is -3.29. The van der Waals surface area contributed by atoms with Crippen LogP contribution in [0.4, 0.5) is 21.0 Å². The van der Waals surface area contributed by atoms with E-state index in [4.69, 9.17) is 14.6 Å². The summed E-state index contributed by atoms with van der Waals surface area (Å²) >= 11 is 0. The van der Waals surface area contributed by atoms with E-state index >= 15 is 0 Å². The van der Waals surface area contributed by atoms with E-state index in [-0.39, 0.29) is 13.2 Å². The predicted octanol–water partition coefficient (Wildman–Crippen LogP) is 3.83. The van der Waals surface area contributed by atoms with Gasteiger partial charge in [0.2, 0.25) is 0 Å². The summed E-state index contributed by atoms with van der Waals surface area (Å²) < 4.78 is 36.6. The van der Waals surface area contributed by atoms with Crippen LogP contribution < -0.4 is 10.6 Å². The molecule has 0 saturated heterocycles. The van der Waals surface area contributed by atoms with Crippen molar-refractivity contribution in [2.75, 3.05) is 16.9 Å². The van der Waals surface area contributed by atoms with Gasteiger partial charge in [0.25, 0.3) is 10.1 Å². The lowest BCUT2D eigenvalue weighted by Crippen LogP contribution is -2.27. The maximum absolute atomic E-state index is 11.6. The van der Waals surface area contributed by atoms with Crippen molar-refractivity contribution in [2.45, 2.75) is 66.0 Å². The molecule has 0 atom stereocenters. The number of aliphatic hydroxyl groups excluding tert-OH is 1. The number of aliphatic hydroxyl groups is 1. The molecular formula is C23H34N4O8S. The normalized spacial score (nSPS) is 11.6. The van der Waals surface area contributed by atoms with Crippen molar-refractivity contribution < 1.29 is 36.8 Å². The first-order valence-electron chi connectivity index (χ1n) is 10.8. The number of anilines is 2. The van der Waals surface area contributed by atoms with E-state index in [0.29, 0.717) is 22.5 Å². The Kier molecular flexibility index (Phi) is 11.2. The van der Waals surface area contributed by atoms with E-state index in [1.807, 2.05) is 0 Å². The highest BCUT2D eigenvalue weighted by Crippen LogP contribution is 2.14. The van der Waals surface area contributed by atoms with Crippen molar-refractivity contribution in [1.29, 1.82) is 0 Å². The van der Waals surface area contributed by atoms with Gasteiger partial charge in [-0.1, -0.05) is 0 Å². The van der Waals surface area contributed by atoms with E-state index in [1.54, 1.807) is 53.7 Å². The third-order valence-electron chi connectivity index (χ3n) is 3.50. The molecule has 0 aliphatic carbocycles. The molecular weight excluding hydrogens is 492 g/mol. The van der Waals surface area contributed by atoms with E-state index in [9.17, 15) is 18.0 Å². The molecule has 2 amide bonds. The van der Waals surface area contributed by atoms with Crippen LogP contribution in [-0.4, -0.2) is 53.1 Å². The first-order valence-corrected chi connectivity index (χ1v) is 12.6. The van der Waals surface area contributed by atoms with Crippen LogP contribution >= 0.6 is 0 Å². The first-order chi connectivity index (χ1) is 16.5. The summed E-state index contributed by atoms with van der Waals surface area (Å²) in [6, 6.07) is 3.19. The van der Waals surface area contributed by atoms with Gasteiger partial charge < -0.3 is 14.6 Å². The van der Waals surface area contributed by atoms with E-state index in [0.717, 1.165) is 6.26 Å². The molecule has 13 heteroatoms. The average molecular weight is 527 g/mol. The van der Waals surface area contributed by atoms with Gasteiger partial charge in [-0.3, -0.25) is 24.8 Å². The summed E-state index contributed by atoms with van der Waals surface area (Å²) in [5.41, 5.74) is 0.910. The summed E-state index contributed by atoms with van der Waals surface area (Å²) in [5.74, 6) is 0. The molecule has 0 aromatic carbocycles. The molecule has 0 aliphatic heterocycles. The fraction of sp³-hybridized carbons (Fsp3) is 0.478. The highest BCUT2D eigenvalue weighted by Gasteiger charge is 2.17. The quantitative estimate of drug-likeness (QED) is 0.471. The summed E-state index contributed by atoms with van der Waals surface area (Å²) in [6.45, 7) is 10.4. The molecule has 0 aliphatic rings. The Morgan fingerprint density at radius 2 is 1.25 bits per heavy atom. The number of nitrogens with one attached hydrogen (secondary N) is 2. The largest absolute Gasteiger partial charge is 0.444 e. The molecule has 0 fully saturated rings. The highest BCUT2D eigenvalue weighted by molar-refractivity contribution is 7.85. The van der Waals surface area contributed by atoms with Crippen molar-refractivity contribution in [1.82, 2.24) is 9.97 Å². The van der Waals surface area contributed by atoms with Crippen LogP contribution in [0.25, 0.3) is 0 Å². The SMILES string of the molecule is CC(C)(C)OC(=O)Nc1cncc(CO)c1.CC(C)(C)OC(=O)Nc1cncc(COS(C)(=O)=O)c1. The number of carbonyl (C=O) groups excluding carboxylic acids is 2. The lowest BCUT2D eigenvalue weighted by atomic mass is 10.2. The van der Waals surface area contributed by atoms with Gasteiger partial charge in [0.1, 0.15) is 11.2 Å². The Labute approximate surface area is 211 Å². The third-order valence-corrected chi connectivity index (χ3v) is 4.05. The van der Waals surface area contributed by atoms with Gasteiger partial charge in [0.15, 0.2) is 0 Å². The third kappa shape index (κ3) is 14.9. The topological polar surface area (TPSA) is 166 Å². The smallest absolute Gasteiger partial charge is 0.412 e. The molecule has 2 aromatic heterocycles. The van der Waals surface area contributed by atoms with Crippen LogP contribution in [0, 0.1) is 0 Å². The minimum absolute atomic E-state index is 0.114. The number of carbonyl (C=O) groups is 2. The van der Waals surface area contributed by atoms with Gasteiger partial charge in [0.05, 0.1) is 43.2 Å². The number of nitrogens with zero attached hydrogens (tertiary/aromatic N) is 2. The van der Waals surface area contributed by atoms with Crippen LogP contribution in [0.3, 0.4) is 0 Å².